The van der Waals surface area contributed by atoms with E-state index in [2.05, 4.69) is 4.74 Å². The van der Waals surface area contributed by atoms with Gasteiger partial charge in [-0.3, -0.25) is 0 Å². The average molecular weight is 248 g/mol. The smallest absolute Gasteiger partial charge is 0.336 e. The number of carbonyl (C=O) groups is 2. The first-order valence-corrected chi connectivity index (χ1v) is 5.66. The van der Waals surface area contributed by atoms with Crippen LogP contribution in [-0.4, -0.2) is 18.5 Å². The Labute approximate surface area is 106 Å². The molecule has 4 heteroatoms. The van der Waals surface area contributed by atoms with Gasteiger partial charge in [-0.05, 0) is 44.0 Å². The zero-order chi connectivity index (χ0) is 13.5. The Morgan fingerprint density at radius 2 is 1.61 bits per heavy atom. The number of hydrogen-bond donors (Lipinski definition) is 0. The summed E-state index contributed by atoms with van der Waals surface area (Å²) in [5.41, 5.74) is 2.01. The number of rotatable bonds is 4. The molecule has 0 atom stereocenters. The topological polar surface area (TPSA) is 52.6 Å². The van der Waals surface area contributed by atoms with Crippen LogP contribution in [0.5, 0.6) is 5.75 Å². The molecule has 0 saturated heterocycles. The molecule has 0 radical (unpaired) electrons. The summed E-state index contributed by atoms with van der Waals surface area (Å²) < 4.78 is 9.72. The molecule has 18 heavy (non-hydrogen) atoms. The molecule has 0 aliphatic carbocycles. The highest BCUT2D eigenvalue weighted by Crippen LogP contribution is 2.16. The predicted molar refractivity (Wildman–Crippen MR) is 67.3 cm³/mol. The van der Waals surface area contributed by atoms with Gasteiger partial charge in [0.15, 0.2) is 0 Å². The number of hydrogen-bond acceptors (Lipinski definition) is 4. The molecule has 0 aliphatic rings. The molecular formula is C14H16O4. The third-order valence-electron chi connectivity index (χ3n) is 2.06. The monoisotopic (exact) mass is 248 g/mol. The van der Waals surface area contributed by atoms with E-state index in [1.54, 1.807) is 19.1 Å². The fourth-order valence-corrected chi connectivity index (χ4v) is 1.47. The standard InChI is InChI=1S/C14H16O4/c1-4-17-13(15)5-6-14(16)18-12-8-10(2)7-11(3)9-12/h5-9H,4H2,1-3H3/b6-5+. The molecule has 0 unspecified atom stereocenters. The zero-order valence-electron chi connectivity index (χ0n) is 10.7. The van der Waals surface area contributed by atoms with Gasteiger partial charge >= 0.3 is 11.9 Å². The van der Waals surface area contributed by atoms with E-state index >= 15 is 0 Å². The molecule has 0 N–H and O–H groups in total. The summed E-state index contributed by atoms with van der Waals surface area (Å²) in [4.78, 5) is 22.4. The molecule has 1 aromatic rings. The largest absolute Gasteiger partial charge is 0.463 e. The summed E-state index contributed by atoms with van der Waals surface area (Å²) in [5.74, 6) is -0.700. The number of ether oxygens (including phenoxy) is 2. The normalized spacial score (nSPS) is 10.4. The molecule has 0 spiro atoms. The maximum Gasteiger partial charge on any atom is 0.336 e. The lowest BCUT2D eigenvalue weighted by Gasteiger charge is -2.04. The van der Waals surface area contributed by atoms with E-state index in [-0.39, 0.29) is 6.61 Å². The van der Waals surface area contributed by atoms with Crippen LogP contribution < -0.4 is 4.74 Å². The van der Waals surface area contributed by atoms with Crippen molar-refractivity contribution in [2.45, 2.75) is 20.8 Å². The SMILES string of the molecule is CCOC(=O)/C=C/C(=O)Oc1cc(C)cc(C)c1. The Morgan fingerprint density at radius 1 is 1.06 bits per heavy atom. The van der Waals surface area contributed by atoms with Crippen LogP contribution in [0.25, 0.3) is 0 Å². The fraction of sp³-hybridized carbons (Fsp3) is 0.286. The highest BCUT2D eigenvalue weighted by Gasteiger charge is 2.03. The number of carbonyl (C=O) groups excluding carboxylic acids is 2. The third-order valence-corrected chi connectivity index (χ3v) is 2.06. The lowest BCUT2D eigenvalue weighted by molar-refractivity contribution is -0.138. The average Bonchev–Trinajstić information content (AvgIpc) is 2.25. The van der Waals surface area contributed by atoms with Crippen LogP contribution in [0.15, 0.2) is 30.4 Å². The van der Waals surface area contributed by atoms with Gasteiger partial charge in [-0.2, -0.15) is 0 Å². The molecule has 96 valence electrons. The molecule has 0 aromatic heterocycles. The van der Waals surface area contributed by atoms with Crippen molar-refractivity contribution in [2.24, 2.45) is 0 Å². The number of aryl methyl sites for hydroxylation is 2. The molecule has 0 bridgehead atoms. The second-order valence-corrected chi connectivity index (χ2v) is 3.83. The first-order valence-electron chi connectivity index (χ1n) is 5.66. The second kappa shape index (κ2) is 6.59. The van der Waals surface area contributed by atoms with Gasteiger partial charge in [-0.1, -0.05) is 6.07 Å². The molecule has 1 rings (SSSR count). The maximum atomic E-state index is 11.4. The van der Waals surface area contributed by atoms with E-state index < -0.39 is 11.9 Å². The van der Waals surface area contributed by atoms with Crippen molar-refractivity contribution in [3.63, 3.8) is 0 Å². The van der Waals surface area contributed by atoms with Gasteiger partial charge in [-0.25, -0.2) is 9.59 Å². The van der Waals surface area contributed by atoms with Gasteiger partial charge in [0.25, 0.3) is 0 Å². The molecule has 0 amide bonds. The van der Waals surface area contributed by atoms with Crippen LogP contribution in [0, 0.1) is 13.8 Å². The van der Waals surface area contributed by atoms with Crippen molar-refractivity contribution < 1.29 is 19.1 Å². The molecule has 0 saturated carbocycles. The van der Waals surface area contributed by atoms with Crippen LogP contribution in [-0.2, 0) is 14.3 Å². The summed E-state index contributed by atoms with van der Waals surface area (Å²) in [6.45, 7) is 5.80. The van der Waals surface area contributed by atoms with Crippen LogP contribution in [0.1, 0.15) is 18.1 Å². The molecule has 4 nitrogen and oxygen atoms in total. The first-order chi connectivity index (χ1) is 8.51. The van der Waals surface area contributed by atoms with Gasteiger partial charge in [0.2, 0.25) is 0 Å². The van der Waals surface area contributed by atoms with Crippen molar-refractivity contribution in [3.8, 4) is 5.75 Å². The fourth-order valence-electron chi connectivity index (χ4n) is 1.47. The van der Waals surface area contributed by atoms with E-state index in [0.29, 0.717) is 5.75 Å². The van der Waals surface area contributed by atoms with Gasteiger partial charge in [0, 0.05) is 12.2 Å². The van der Waals surface area contributed by atoms with E-state index in [9.17, 15) is 9.59 Å². The van der Waals surface area contributed by atoms with Crippen LogP contribution in [0.3, 0.4) is 0 Å². The summed E-state index contributed by atoms with van der Waals surface area (Å²) in [6.07, 6.45) is 2.10. The minimum atomic E-state index is -0.604. The van der Waals surface area contributed by atoms with Gasteiger partial charge < -0.3 is 9.47 Å². The Bertz CT molecular complexity index is 454. The Morgan fingerprint density at radius 3 is 2.17 bits per heavy atom. The van der Waals surface area contributed by atoms with E-state index in [0.717, 1.165) is 23.3 Å². The molecular weight excluding hydrogens is 232 g/mol. The summed E-state index contributed by atoms with van der Waals surface area (Å²) in [7, 11) is 0. The van der Waals surface area contributed by atoms with Gasteiger partial charge in [0.1, 0.15) is 5.75 Å². The first kappa shape index (κ1) is 14.0. The second-order valence-electron chi connectivity index (χ2n) is 3.83. The maximum absolute atomic E-state index is 11.4. The molecule has 1 aromatic carbocycles. The van der Waals surface area contributed by atoms with Crippen molar-refractivity contribution in [1.82, 2.24) is 0 Å². The lowest BCUT2D eigenvalue weighted by Crippen LogP contribution is -2.06. The minimum absolute atomic E-state index is 0.273. The summed E-state index contributed by atoms with van der Waals surface area (Å²) in [5, 5.41) is 0. The minimum Gasteiger partial charge on any atom is -0.463 e. The Balaban J connectivity index is 2.62. The van der Waals surface area contributed by atoms with E-state index in [1.165, 1.54) is 0 Å². The van der Waals surface area contributed by atoms with Crippen LogP contribution in [0.2, 0.25) is 0 Å². The quantitative estimate of drug-likeness (QED) is 0.466. The lowest BCUT2D eigenvalue weighted by atomic mass is 10.1. The zero-order valence-corrected chi connectivity index (χ0v) is 10.7. The van der Waals surface area contributed by atoms with Crippen LogP contribution in [0.4, 0.5) is 0 Å². The molecule has 0 aliphatic heterocycles. The van der Waals surface area contributed by atoms with E-state index in [1.807, 2.05) is 19.9 Å². The molecule has 0 heterocycles. The predicted octanol–water partition coefficient (Wildman–Crippen LogP) is 2.33. The van der Waals surface area contributed by atoms with Crippen molar-refractivity contribution in [3.05, 3.63) is 41.5 Å². The summed E-state index contributed by atoms with van der Waals surface area (Å²) >= 11 is 0. The molecule has 0 fully saturated rings. The van der Waals surface area contributed by atoms with Crippen molar-refractivity contribution >= 4 is 11.9 Å². The highest BCUT2D eigenvalue weighted by molar-refractivity contribution is 5.92. The Kier molecular flexibility index (Phi) is 5.11. The number of esters is 2. The van der Waals surface area contributed by atoms with E-state index in [4.69, 9.17) is 4.74 Å². The van der Waals surface area contributed by atoms with Crippen LogP contribution >= 0.6 is 0 Å². The Hall–Kier alpha value is -2.10. The van der Waals surface area contributed by atoms with Gasteiger partial charge in [0.05, 0.1) is 6.61 Å². The van der Waals surface area contributed by atoms with Gasteiger partial charge in [-0.15, -0.1) is 0 Å². The highest BCUT2D eigenvalue weighted by atomic mass is 16.5. The van der Waals surface area contributed by atoms with Crippen molar-refractivity contribution in [2.75, 3.05) is 6.61 Å². The summed E-state index contributed by atoms with van der Waals surface area (Å²) in [6, 6.07) is 5.48. The third kappa shape index (κ3) is 4.82. The van der Waals surface area contributed by atoms with Crippen molar-refractivity contribution in [1.29, 1.82) is 0 Å². The number of benzene rings is 1.